The second kappa shape index (κ2) is 8.90. The number of rotatable bonds is 5. The molecule has 1 aromatic carbocycles. The van der Waals surface area contributed by atoms with Crippen molar-refractivity contribution in [1.82, 2.24) is 9.21 Å². The highest BCUT2D eigenvalue weighted by molar-refractivity contribution is 7.89. The number of nitrogens with two attached hydrogens (primary N) is 1. The maximum atomic E-state index is 12.8. The van der Waals surface area contributed by atoms with Crippen LogP contribution in [0, 0.1) is 0 Å². The van der Waals surface area contributed by atoms with Gasteiger partial charge in [-0.15, -0.1) is 12.4 Å². The molecule has 2 aliphatic rings. The lowest BCUT2D eigenvalue weighted by Gasteiger charge is -2.37. The highest BCUT2D eigenvalue weighted by Gasteiger charge is 2.41. The van der Waals surface area contributed by atoms with Crippen LogP contribution in [0.25, 0.3) is 0 Å². The Balaban J connectivity index is 0.00000261. The predicted octanol–water partition coefficient (Wildman–Crippen LogP) is 2.17. The molecule has 1 saturated heterocycles. The zero-order chi connectivity index (χ0) is 18.8. The number of piperazine rings is 1. The maximum Gasteiger partial charge on any atom is 0.243 e. The summed E-state index contributed by atoms with van der Waals surface area (Å²) in [5.41, 5.74) is 6.67. The third-order valence-electron chi connectivity index (χ3n) is 5.55. The minimum Gasteiger partial charge on any atom is -0.338 e. The second-order valence-electron chi connectivity index (χ2n) is 7.45. The Morgan fingerprint density at radius 1 is 1.07 bits per heavy atom. The molecular formula is C19H30ClN3O3S. The van der Waals surface area contributed by atoms with Crippen LogP contribution in [0.1, 0.15) is 44.6 Å². The molecule has 1 amide bonds. The van der Waals surface area contributed by atoms with Gasteiger partial charge in [-0.1, -0.05) is 38.3 Å². The smallest absolute Gasteiger partial charge is 0.243 e. The molecule has 27 heavy (non-hydrogen) atoms. The van der Waals surface area contributed by atoms with E-state index in [1.807, 2.05) is 12.1 Å². The summed E-state index contributed by atoms with van der Waals surface area (Å²) in [7, 11) is -3.51. The van der Waals surface area contributed by atoms with Crippen molar-refractivity contribution < 1.29 is 13.2 Å². The fourth-order valence-corrected chi connectivity index (χ4v) is 5.35. The van der Waals surface area contributed by atoms with Crippen LogP contribution in [0.15, 0.2) is 29.2 Å². The third kappa shape index (κ3) is 4.65. The van der Waals surface area contributed by atoms with E-state index < -0.39 is 15.6 Å². The first kappa shape index (κ1) is 22.1. The van der Waals surface area contributed by atoms with Crippen LogP contribution < -0.4 is 5.73 Å². The lowest BCUT2D eigenvalue weighted by atomic mass is 9.97. The van der Waals surface area contributed by atoms with Crippen LogP contribution in [-0.2, 0) is 21.2 Å². The summed E-state index contributed by atoms with van der Waals surface area (Å²) in [5.74, 6) is -0.0176. The highest BCUT2D eigenvalue weighted by atomic mass is 35.5. The van der Waals surface area contributed by atoms with Gasteiger partial charge < -0.3 is 10.6 Å². The molecule has 2 fully saturated rings. The predicted molar refractivity (Wildman–Crippen MR) is 108 cm³/mol. The monoisotopic (exact) mass is 415 g/mol. The normalized spacial score (nSPS) is 20.3. The molecule has 2 N–H and O–H groups in total. The van der Waals surface area contributed by atoms with Gasteiger partial charge in [-0.3, -0.25) is 4.79 Å². The summed E-state index contributed by atoms with van der Waals surface area (Å²) in [6.45, 7) is 3.56. The zero-order valence-corrected chi connectivity index (χ0v) is 17.5. The Morgan fingerprint density at radius 3 is 2.15 bits per heavy atom. The molecule has 0 unspecified atom stereocenters. The van der Waals surface area contributed by atoms with E-state index >= 15 is 0 Å². The van der Waals surface area contributed by atoms with E-state index in [9.17, 15) is 13.2 Å². The topological polar surface area (TPSA) is 83.7 Å². The number of amides is 1. The van der Waals surface area contributed by atoms with Crippen molar-refractivity contribution >= 4 is 28.3 Å². The summed E-state index contributed by atoms with van der Waals surface area (Å²) in [4.78, 5) is 14.7. The number of carbonyl (C=O) groups is 1. The number of carbonyl (C=O) groups excluding carboxylic acids is 1. The lowest BCUT2D eigenvalue weighted by Crippen LogP contribution is -2.59. The van der Waals surface area contributed by atoms with E-state index in [2.05, 4.69) is 6.92 Å². The van der Waals surface area contributed by atoms with Gasteiger partial charge >= 0.3 is 0 Å². The molecular weight excluding hydrogens is 386 g/mol. The summed E-state index contributed by atoms with van der Waals surface area (Å²) < 4.78 is 27.2. The first-order valence-electron chi connectivity index (χ1n) is 9.54. The molecule has 1 heterocycles. The molecule has 1 aliphatic carbocycles. The fourth-order valence-electron chi connectivity index (χ4n) is 3.93. The minimum atomic E-state index is -3.51. The minimum absolute atomic E-state index is 0. The maximum absolute atomic E-state index is 12.8. The molecule has 0 bridgehead atoms. The molecule has 1 saturated carbocycles. The van der Waals surface area contributed by atoms with Crippen LogP contribution in [0.5, 0.6) is 0 Å². The van der Waals surface area contributed by atoms with Crippen molar-refractivity contribution in [2.24, 2.45) is 5.73 Å². The second-order valence-corrected chi connectivity index (χ2v) is 9.39. The Bertz CT molecular complexity index is 738. The molecule has 3 rings (SSSR count). The first-order valence-corrected chi connectivity index (χ1v) is 11.0. The Hall–Kier alpha value is -1.15. The molecule has 0 radical (unpaired) electrons. The molecule has 1 aliphatic heterocycles. The Kier molecular flexibility index (Phi) is 7.30. The average molecular weight is 416 g/mol. The van der Waals surface area contributed by atoms with E-state index in [1.165, 1.54) is 4.31 Å². The molecule has 8 heteroatoms. The van der Waals surface area contributed by atoms with E-state index in [4.69, 9.17) is 5.73 Å². The zero-order valence-electron chi connectivity index (χ0n) is 15.9. The van der Waals surface area contributed by atoms with Gasteiger partial charge in [0, 0.05) is 26.2 Å². The van der Waals surface area contributed by atoms with E-state index in [1.54, 1.807) is 17.0 Å². The van der Waals surface area contributed by atoms with Crippen LogP contribution in [0.4, 0.5) is 0 Å². The molecule has 0 spiro atoms. The number of halogens is 1. The number of aryl methyl sites for hydroxylation is 1. The van der Waals surface area contributed by atoms with Crippen molar-refractivity contribution in [2.75, 3.05) is 26.2 Å². The summed E-state index contributed by atoms with van der Waals surface area (Å²) >= 11 is 0. The Morgan fingerprint density at radius 2 is 1.63 bits per heavy atom. The van der Waals surface area contributed by atoms with Crippen LogP contribution in [0.3, 0.4) is 0 Å². The molecule has 6 nitrogen and oxygen atoms in total. The SMILES string of the molecule is CCCc1ccc(S(=O)(=O)N2CCN(C(=O)C3(N)CCCC3)CC2)cc1.Cl. The van der Waals surface area contributed by atoms with Crippen molar-refractivity contribution in [3.05, 3.63) is 29.8 Å². The van der Waals surface area contributed by atoms with Gasteiger partial charge in [0.25, 0.3) is 0 Å². The van der Waals surface area contributed by atoms with E-state index in [0.717, 1.165) is 44.1 Å². The molecule has 0 aromatic heterocycles. The quantitative estimate of drug-likeness (QED) is 0.798. The van der Waals surface area contributed by atoms with Crippen LogP contribution in [-0.4, -0.2) is 55.2 Å². The first-order chi connectivity index (χ1) is 12.4. The summed E-state index contributed by atoms with van der Waals surface area (Å²) in [6.07, 6.45) is 5.42. The van der Waals surface area contributed by atoms with E-state index in [-0.39, 0.29) is 18.3 Å². The number of sulfonamides is 1. The van der Waals surface area contributed by atoms with Gasteiger partial charge in [-0.25, -0.2) is 8.42 Å². The molecule has 1 aromatic rings. The average Bonchev–Trinajstić information content (AvgIpc) is 3.10. The fraction of sp³-hybridized carbons (Fsp3) is 0.632. The van der Waals surface area contributed by atoms with Gasteiger partial charge in [-0.2, -0.15) is 4.31 Å². The van der Waals surface area contributed by atoms with Crippen molar-refractivity contribution in [2.45, 2.75) is 55.9 Å². The van der Waals surface area contributed by atoms with Gasteiger partial charge in [0.15, 0.2) is 0 Å². The van der Waals surface area contributed by atoms with Crippen LogP contribution >= 0.6 is 12.4 Å². The summed E-state index contributed by atoms with van der Waals surface area (Å²) in [5, 5.41) is 0. The van der Waals surface area contributed by atoms with Gasteiger partial charge in [0.05, 0.1) is 10.4 Å². The standard InChI is InChI=1S/C19H29N3O3S.ClH/c1-2-5-16-6-8-17(9-7-16)26(24,25)22-14-12-21(13-15-22)18(23)19(20)10-3-4-11-19;/h6-9H,2-5,10-15,20H2,1H3;1H. The number of hydrogen-bond acceptors (Lipinski definition) is 4. The van der Waals surface area contributed by atoms with Crippen molar-refractivity contribution in [3.63, 3.8) is 0 Å². The molecule has 0 atom stereocenters. The lowest BCUT2D eigenvalue weighted by molar-refractivity contribution is -0.138. The van der Waals surface area contributed by atoms with Gasteiger partial charge in [-0.05, 0) is 37.0 Å². The largest absolute Gasteiger partial charge is 0.338 e. The van der Waals surface area contributed by atoms with Crippen LogP contribution in [0.2, 0.25) is 0 Å². The van der Waals surface area contributed by atoms with Crippen molar-refractivity contribution in [3.8, 4) is 0 Å². The summed E-state index contributed by atoms with van der Waals surface area (Å²) in [6, 6.07) is 7.14. The number of nitrogens with zero attached hydrogens (tertiary/aromatic N) is 2. The third-order valence-corrected chi connectivity index (χ3v) is 7.46. The van der Waals surface area contributed by atoms with Gasteiger partial charge in [0.2, 0.25) is 15.9 Å². The number of hydrogen-bond donors (Lipinski definition) is 1. The highest BCUT2D eigenvalue weighted by Crippen LogP contribution is 2.29. The molecule has 152 valence electrons. The Labute approximate surface area is 168 Å². The van der Waals surface area contributed by atoms with Crippen molar-refractivity contribution in [1.29, 1.82) is 0 Å². The van der Waals surface area contributed by atoms with Gasteiger partial charge in [0.1, 0.15) is 0 Å². The number of benzene rings is 1. The van der Waals surface area contributed by atoms with E-state index in [0.29, 0.717) is 31.1 Å².